The van der Waals surface area contributed by atoms with Crippen molar-refractivity contribution in [1.82, 2.24) is 0 Å². The second-order valence-electron chi connectivity index (χ2n) is 10.3. The smallest absolute Gasteiger partial charge is 0.270 e. The van der Waals surface area contributed by atoms with Crippen molar-refractivity contribution >= 4 is 5.78 Å². The van der Waals surface area contributed by atoms with E-state index >= 15 is 0 Å². The van der Waals surface area contributed by atoms with Crippen molar-refractivity contribution < 1.29 is 34.0 Å². The topological polar surface area (TPSA) is 94.5 Å². The highest BCUT2D eigenvalue weighted by Gasteiger charge is 2.79. The molecule has 4 aliphatic carbocycles. The van der Waals surface area contributed by atoms with Gasteiger partial charge in [0.1, 0.15) is 12.2 Å². The third-order valence-electron chi connectivity index (χ3n) is 8.84. The van der Waals surface area contributed by atoms with Gasteiger partial charge in [-0.05, 0) is 47.7 Å². The normalized spacial score (nSPS) is 56.8. The lowest BCUT2D eigenvalue weighted by molar-refractivity contribution is -0.333. The quantitative estimate of drug-likeness (QED) is 0.591. The standard InChI is InChI=1S/C22H28O7/c1-9-7-21-10(2)5-13-14(20(13,3)4)12(15(21)23)6-11-8-26-18(24)28-17(11)22(21)16(9)27-19(25)29-22/h6-7,10,12-14,16-19,24-25H,5,8H2,1-4H3/t10-,12+,13?,14?,16+,17-,18?,19?,21+,22-/m1/s1. The van der Waals surface area contributed by atoms with Crippen LogP contribution in [0.25, 0.3) is 0 Å². The van der Waals surface area contributed by atoms with Crippen molar-refractivity contribution in [3.8, 4) is 0 Å². The van der Waals surface area contributed by atoms with Gasteiger partial charge >= 0.3 is 0 Å². The van der Waals surface area contributed by atoms with Crippen molar-refractivity contribution in [2.45, 2.75) is 64.9 Å². The Morgan fingerprint density at radius 3 is 2.62 bits per heavy atom. The average Bonchev–Trinajstić information content (AvgIpc) is 2.94. The zero-order valence-corrected chi connectivity index (χ0v) is 17.1. The predicted molar refractivity (Wildman–Crippen MR) is 98.8 cm³/mol. The Labute approximate surface area is 169 Å². The molecule has 2 saturated heterocycles. The molecule has 158 valence electrons. The highest BCUT2D eigenvalue weighted by atomic mass is 16.9. The number of aliphatic hydroxyl groups excluding tert-OH is 2. The first-order chi connectivity index (χ1) is 13.6. The van der Waals surface area contributed by atoms with Crippen molar-refractivity contribution in [2.24, 2.45) is 34.5 Å². The van der Waals surface area contributed by atoms with Gasteiger partial charge in [0.2, 0.25) is 0 Å². The van der Waals surface area contributed by atoms with Crippen molar-refractivity contribution in [3.63, 3.8) is 0 Å². The van der Waals surface area contributed by atoms with Crippen LogP contribution in [-0.4, -0.2) is 53.4 Å². The van der Waals surface area contributed by atoms with E-state index in [9.17, 15) is 15.0 Å². The monoisotopic (exact) mass is 404 g/mol. The van der Waals surface area contributed by atoms with Crippen molar-refractivity contribution in [1.29, 1.82) is 0 Å². The molecular formula is C22H28O7. The molecule has 0 aromatic rings. The van der Waals surface area contributed by atoms with Gasteiger partial charge in [-0.3, -0.25) is 4.79 Å². The fourth-order valence-electron chi connectivity index (χ4n) is 7.60. The van der Waals surface area contributed by atoms with E-state index in [1.807, 2.05) is 19.1 Å². The number of rotatable bonds is 0. The maximum atomic E-state index is 14.3. The Balaban J connectivity index is 1.63. The fourth-order valence-corrected chi connectivity index (χ4v) is 7.60. The number of Topliss-reactive ketones (excluding diaryl/α,β-unsaturated/α-hetero) is 1. The van der Waals surface area contributed by atoms with Crippen LogP contribution in [0.1, 0.15) is 34.1 Å². The van der Waals surface area contributed by atoms with E-state index < -0.39 is 36.2 Å². The highest BCUT2D eigenvalue weighted by Crippen LogP contribution is 2.73. The molecule has 2 heterocycles. The lowest BCUT2D eigenvalue weighted by Crippen LogP contribution is -2.66. The molecule has 29 heavy (non-hydrogen) atoms. The van der Waals surface area contributed by atoms with Gasteiger partial charge in [0.05, 0.1) is 12.0 Å². The molecule has 0 aromatic heterocycles. The molecule has 4 unspecified atom stereocenters. The number of carbonyl (C=O) groups excluding carboxylic acids is 1. The minimum Gasteiger partial charge on any atom is -0.346 e. The number of aliphatic hydroxyl groups is 2. The number of ketones is 1. The summed E-state index contributed by atoms with van der Waals surface area (Å²) < 4.78 is 23.2. The summed E-state index contributed by atoms with van der Waals surface area (Å²) in [6.07, 6.45) is 3.56. The molecule has 2 spiro atoms. The van der Waals surface area contributed by atoms with E-state index in [1.165, 1.54) is 0 Å². The van der Waals surface area contributed by atoms with Gasteiger partial charge in [0, 0.05) is 5.92 Å². The Morgan fingerprint density at radius 1 is 1.14 bits per heavy atom. The van der Waals surface area contributed by atoms with Crippen LogP contribution in [0.15, 0.2) is 23.3 Å². The summed E-state index contributed by atoms with van der Waals surface area (Å²) in [5.41, 5.74) is -0.496. The van der Waals surface area contributed by atoms with E-state index in [-0.39, 0.29) is 35.6 Å². The summed E-state index contributed by atoms with van der Waals surface area (Å²) >= 11 is 0. The van der Waals surface area contributed by atoms with Crippen molar-refractivity contribution in [2.75, 3.05) is 6.61 Å². The summed E-state index contributed by atoms with van der Waals surface area (Å²) in [4.78, 5) is 14.3. The van der Waals surface area contributed by atoms with E-state index in [2.05, 4.69) is 20.8 Å². The summed E-state index contributed by atoms with van der Waals surface area (Å²) in [6, 6.07) is 0. The number of fused-ring (bicyclic) bond motifs is 4. The number of hydrogen-bond acceptors (Lipinski definition) is 7. The minimum atomic E-state index is -1.45. The lowest BCUT2D eigenvalue weighted by Gasteiger charge is -2.50. The van der Waals surface area contributed by atoms with Gasteiger partial charge in [-0.15, -0.1) is 0 Å². The highest BCUT2D eigenvalue weighted by molar-refractivity contribution is 5.95. The molecule has 2 aliphatic heterocycles. The van der Waals surface area contributed by atoms with Gasteiger partial charge in [-0.25, -0.2) is 0 Å². The largest absolute Gasteiger partial charge is 0.346 e. The number of carbonyl (C=O) groups is 1. The molecular weight excluding hydrogens is 376 g/mol. The SMILES string of the molecule is CC1=C[C@]23C(=O)[C@@H](C=C4COC(O)O[C@H]4[C@@]24OC(O)O[C@@H]14)C1C(C[C@H]3C)C1(C)C. The van der Waals surface area contributed by atoms with Gasteiger partial charge < -0.3 is 29.2 Å². The van der Waals surface area contributed by atoms with Crippen LogP contribution in [0.4, 0.5) is 0 Å². The molecule has 0 amide bonds. The Morgan fingerprint density at radius 2 is 1.86 bits per heavy atom. The van der Waals surface area contributed by atoms with E-state index in [4.69, 9.17) is 18.9 Å². The van der Waals surface area contributed by atoms with Crippen LogP contribution < -0.4 is 0 Å². The summed E-state index contributed by atoms with van der Waals surface area (Å²) in [5.74, 6) is 0.518. The first-order valence-electron chi connectivity index (χ1n) is 10.6. The third kappa shape index (κ3) is 1.93. The zero-order valence-electron chi connectivity index (χ0n) is 17.1. The molecule has 10 atom stereocenters. The zero-order chi connectivity index (χ0) is 20.5. The molecule has 6 aliphatic rings. The summed E-state index contributed by atoms with van der Waals surface area (Å²) in [6.45, 7) is 5.80. The fraction of sp³-hybridized carbons (Fsp3) is 0.773. The molecule has 2 N–H and O–H groups in total. The molecule has 0 radical (unpaired) electrons. The van der Waals surface area contributed by atoms with E-state index in [1.54, 1.807) is 0 Å². The summed E-state index contributed by atoms with van der Waals surface area (Å²) in [7, 11) is 0. The van der Waals surface area contributed by atoms with E-state index in [0.717, 1.165) is 17.6 Å². The Kier molecular flexibility index (Phi) is 3.47. The Bertz CT molecular complexity index is 861. The second kappa shape index (κ2) is 5.39. The first kappa shape index (κ1) is 18.7. The molecule has 2 saturated carbocycles. The molecule has 2 bridgehead atoms. The van der Waals surface area contributed by atoms with Gasteiger partial charge in [0.25, 0.3) is 13.0 Å². The maximum absolute atomic E-state index is 14.3. The Hall–Kier alpha value is -1.09. The molecule has 0 aromatic carbocycles. The third-order valence-corrected chi connectivity index (χ3v) is 8.84. The van der Waals surface area contributed by atoms with Crippen molar-refractivity contribution in [3.05, 3.63) is 23.3 Å². The van der Waals surface area contributed by atoms with Crippen LogP contribution in [0.5, 0.6) is 0 Å². The summed E-state index contributed by atoms with van der Waals surface area (Å²) in [5, 5.41) is 20.5. The van der Waals surface area contributed by atoms with E-state index in [0.29, 0.717) is 5.92 Å². The number of ether oxygens (including phenoxy) is 4. The minimum absolute atomic E-state index is 0.0283. The molecule has 6 rings (SSSR count). The first-order valence-corrected chi connectivity index (χ1v) is 10.6. The van der Waals surface area contributed by atoms with Gasteiger partial charge in [-0.1, -0.05) is 32.9 Å². The van der Waals surface area contributed by atoms with Crippen LogP contribution in [0.3, 0.4) is 0 Å². The van der Waals surface area contributed by atoms with Gasteiger partial charge in [-0.2, -0.15) is 0 Å². The lowest BCUT2D eigenvalue weighted by atomic mass is 9.59. The van der Waals surface area contributed by atoms with Crippen LogP contribution in [0, 0.1) is 34.5 Å². The van der Waals surface area contributed by atoms with Crippen LogP contribution >= 0.6 is 0 Å². The predicted octanol–water partition coefficient (Wildman–Crippen LogP) is 1.49. The van der Waals surface area contributed by atoms with Gasteiger partial charge in [0.15, 0.2) is 11.4 Å². The molecule has 7 nitrogen and oxygen atoms in total. The van der Waals surface area contributed by atoms with Crippen LogP contribution in [0.2, 0.25) is 0 Å². The number of hydrogen-bond donors (Lipinski definition) is 2. The number of allylic oxidation sites excluding steroid dienone is 1. The maximum Gasteiger partial charge on any atom is 0.270 e. The average molecular weight is 404 g/mol. The molecule has 7 heteroatoms. The second-order valence-corrected chi connectivity index (χ2v) is 10.3. The van der Waals surface area contributed by atoms with Crippen LogP contribution in [-0.2, 0) is 23.7 Å². The molecule has 4 fully saturated rings.